The number of rotatable bonds is 12. The van der Waals surface area contributed by atoms with Gasteiger partial charge in [0.25, 0.3) is 0 Å². The van der Waals surface area contributed by atoms with Crippen LogP contribution in [0.25, 0.3) is 0 Å². The maximum absolute atomic E-state index is 12.3. The average Bonchev–Trinajstić information content (AvgIpc) is 2.74. The highest BCUT2D eigenvalue weighted by atomic mass is 127. The first-order chi connectivity index (χ1) is 14.5. The predicted octanol–water partition coefficient (Wildman–Crippen LogP) is 1.15. The minimum atomic E-state index is -3.35. The molecule has 0 amide bonds. The van der Waals surface area contributed by atoms with Gasteiger partial charge in [-0.05, 0) is 45.4 Å². The molecule has 9 nitrogen and oxygen atoms in total. The number of guanidine groups is 1. The Balaban J connectivity index is 0.00000480. The molecule has 0 aromatic rings. The summed E-state index contributed by atoms with van der Waals surface area (Å²) in [6.07, 6.45) is 6.24. The van der Waals surface area contributed by atoms with Gasteiger partial charge in [-0.15, -0.1) is 24.0 Å². The molecule has 0 aromatic heterocycles. The summed E-state index contributed by atoms with van der Waals surface area (Å²) in [5.74, 6) is 0.676. The van der Waals surface area contributed by atoms with Crippen LogP contribution in [0.5, 0.6) is 0 Å². The van der Waals surface area contributed by atoms with E-state index in [1.807, 2.05) is 6.92 Å². The Bertz CT molecular complexity index is 594. The predicted molar refractivity (Wildman–Crippen MR) is 136 cm³/mol. The van der Waals surface area contributed by atoms with Crippen LogP contribution in [0.1, 0.15) is 45.4 Å². The lowest BCUT2D eigenvalue weighted by atomic mass is 10.1. The van der Waals surface area contributed by atoms with E-state index in [-0.39, 0.29) is 42.4 Å². The fourth-order valence-corrected chi connectivity index (χ4v) is 4.70. The summed E-state index contributed by atoms with van der Waals surface area (Å²) in [6, 6.07) is 0.361. The van der Waals surface area contributed by atoms with Crippen molar-refractivity contribution in [3.63, 3.8) is 0 Å². The average molecular weight is 576 g/mol. The van der Waals surface area contributed by atoms with Crippen molar-refractivity contribution in [2.24, 2.45) is 4.99 Å². The second kappa shape index (κ2) is 16.4. The summed E-state index contributed by atoms with van der Waals surface area (Å²) in [6.45, 7) is 8.06. The van der Waals surface area contributed by atoms with Gasteiger partial charge >= 0.3 is 0 Å². The van der Waals surface area contributed by atoms with E-state index in [4.69, 9.17) is 9.47 Å². The molecular weight excluding hydrogens is 533 g/mol. The highest BCUT2D eigenvalue weighted by Crippen LogP contribution is 2.12. The normalized spacial score (nSPS) is 21.5. The largest absolute Gasteiger partial charge is 0.385 e. The van der Waals surface area contributed by atoms with Crippen LogP contribution in [-0.2, 0) is 19.5 Å². The van der Waals surface area contributed by atoms with Gasteiger partial charge < -0.3 is 25.0 Å². The monoisotopic (exact) mass is 575 g/mol. The zero-order chi connectivity index (χ0) is 21.7. The summed E-state index contributed by atoms with van der Waals surface area (Å²) in [5.41, 5.74) is 0. The number of nitrogens with one attached hydrogen (secondary N) is 3. The Morgan fingerprint density at radius 2 is 2.00 bits per heavy atom. The van der Waals surface area contributed by atoms with Gasteiger partial charge in [0.1, 0.15) is 0 Å². The maximum Gasteiger partial charge on any atom is 0.213 e. The molecule has 2 aliphatic rings. The van der Waals surface area contributed by atoms with Gasteiger partial charge in [0.05, 0.1) is 18.4 Å². The van der Waals surface area contributed by atoms with E-state index in [0.29, 0.717) is 18.5 Å². The molecule has 2 fully saturated rings. The van der Waals surface area contributed by atoms with Crippen LogP contribution >= 0.6 is 24.0 Å². The summed E-state index contributed by atoms with van der Waals surface area (Å²) >= 11 is 0. The molecule has 184 valence electrons. The van der Waals surface area contributed by atoms with Crippen molar-refractivity contribution in [2.75, 3.05) is 65.3 Å². The molecule has 1 atom stereocenters. The Morgan fingerprint density at radius 1 is 1.23 bits per heavy atom. The first-order valence-electron chi connectivity index (χ1n) is 11.4. The molecule has 2 heterocycles. The molecular formula is C20H42IN5O4S. The second-order valence-corrected chi connectivity index (χ2v) is 9.95. The minimum absolute atomic E-state index is 0. The Labute approximate surface area is 205 Å². The Morgan fingerprint density at radius 3 is 2.65 bits per heavy atom. The van der Waals surface area contributed by atoms with Gasteiger partial charge in [-0.25, -0.2) is 13.1 Å². The van der Waals surface area contributed by atoms with Crippen LogP contribution in [0.2, 0.25) is 0 Å². The smallest absolute Gasteiger partial charge is 0.213 e. The topological polar surface area (TPSA) is 104 Å². The van der Waals surface area contributed by atoms with Crippen molar-refractivity contribution in [3.8, 4) is 0 Å². The van der Waals surface area contributed by atoms with E-state index in [9.17, 15) is 8.42 Å². The standard InChI is InChI=1S/C20H41N5O4S.HI/c1-3-21-20(24-18-8-12-25(13-9-18)11-6-14-28-2)22-10-16-30(26,27)23-17-19-7-4-5-15-29-19;/h18-19,23H,3-17H2,1-2H3,(H2,21,22,24);1H. The number of methoxy groups -OCH3 is 1. The number of piperidine rings is 1. The number of nitrogens with zero attached hydrogens (tertiary/aromatic N) is 2. The van der Waals surface area contributed by atoms with Gasteiger partial charge in [-0.3, -0.25) is 4.99 Å². The number of likely N-dealkylation sites (tertiary alicyclic amines) is 1. The van der Waals surface area contributed by atoms with E-state index in [1.165, 1.54) is 0 Å². The third-order valence-corrected chi connectivity index (χ3v) is 6.86. The van der Waals surface area contributed by atoms with Gasteiger partial charge in [-0.1, -0.05) is 0 Å². The third kappa shape index (κ3) is 12.6. The van der Waals surface area contributed by atoms with Crippen molar-refractivity contribution < 1.29 is 17.9 Å². The van der Waals surface area contributed by atoms with Crippen LogP contribution in [0.3, 0.4) is 0 Å². The lowest BCUT2D eigenvalue weighted by molar-refractivity contribution is 0.0200. The Kier molecular flexibility index (Phi) is 15.3. The lowest BCUT2D eigenvalue weighted by Crippen LogP contribution is -2.49. The first kappa shape index (κ1) is 28.8. The highest BCUT2D eigenvalue weighted by molar-refractivity contribution is 14.0. The number of halogens is 1. The molecule has 0 saturated carbocycles. The molecule has 0 aliphatic carbocycles. The van der Waals surface area contributed by atoms with Gasteiger partial charge in [0, 0.05) is 59.1 Å². The quantitative estimate of drug-likeness (QED) is 0.139. The fourth-order valence-electron chi connectivity index (χ4n) is 3.78. The number of aliphatic imine (C=N–C) groups is 1. The molecule has 0 bridgehead atoms. The van der Waals surface area contributed by atoms with E-state index in [0.717, 1.165) is 77.9 Å². The van der Waals surface area contributed by atoms with Crippen molar-refractivity contribution >= 4 is 40.0 Å². The number of hydrogen-bond acceptors (Lipinski definition) is 6. The van der Waals surface area contributed by atoms with E-state index in [2.05, 4.69) is 25.2 Å². The van der Waals surface area contributed by atoms with Gasteiger partial charge in [-0.2, -0.15) is 0 Å². The highest BCUT2D eigenvalue weighted by Gasteiger charge is 2.20. The zero-order valence-corrected chi connectivity index (χ0v) is 22.3. The molecule has 31 heavy (non-hydrogen) atoms. The fraction of sp³-hybridized carbons (Fsp3) is 0.950. The van der Waals surface area contributed by atoms with Crippen molar-refractivity contribution in [1.82, 2.24) is 20.3 Å². The molecule has 1 unspecified atom stereocenters. The first-order valence-corrected chi connectivity index (χ1v) is 13.0. The van der Waals surface area contributed by atoms with Crippen LogP contribution in [-0.4, -0.2) is 96.8 Å². The molecule has 0 aromatic carbocycles. The minimum Gasteiger partial charge on any atom is -0.385 e. The van der Waals surface area contributed by atoms with Crippen LogP contribution in [0, 0.1) is 0 Å². The summed E-state index contributed by atoms with van der Waals surface area (Å²) < 4.78 is 37.9. The molecule has 3 N–H and O–H groups in total. The summed E-state index contributed by atoms with van der Waals surface area (Å²) in [5, 5.41) is 6.69. The number of ether oxygens (including phenoxy) is 2. The zero-order valence-electron chi connectivity index (χ0n) is 19.1. The summed E-state index contributed by atoms with van der Waals surface area (Å²) in [4.78, 5) is 6.95. The van der Waals surface area contributed by atoms with Gasteiger partial charge in [0.2, 0.25) is 10.0 Å². The third-order valence-electron chi connectivity index (χ3n) is 5.53. The molecule has 2 aliphatic heterocycles. The second-order valence-electron chi connectivity index (χ2n) is 8.02. The van der Waals surface area contributed by atoms with Crippen molar-refractivity contribution in [2.45, 2.75) is 57.6 Å². The molecule has 11 heteroatoms. The molecule has 0 radical (unpaired) electrons. The van der Waals surface area contributed by atoms with E-state index >= 15 is 0 Å². The van der Waals surface area contributed by atoms with Crippen molar-refractivity contribution in [1.29, 1.82) is 0 Å². The lowest BCUT2D eigenvalue weighted by Gasteiger charge is -2.33. The molecule has 0 spiro atoms. The Hall–Kier alpha value is -0.210. The van der Waals surface area contributed by atoms with E-state index in [1.54, 1.807) is 7.11 Å². The molecule has 2 rings (SSSR count). The number of hydrogen-bond donors (Lipinski definition) is 3. The summed E-state index contributed by atoms with van der Waals surface area (Å²) in [7, 11) is -1.61. The van der Waals surface area contributed by atoms with Crippen LogP contribution in [0.4, 0.5) is 0 Å². The van der Waals surface area contributed by atoms with E-state index < -0.39 is 10.0 Å². The van der Waals surface area contributed by atoms with Crippen molar-refractivity contribution in [3.05, 3.63) is 0 Å². The maximum atomic E-state index is 12.3. The van der Waals surface area contributed by atoms with Gasteiger partial charge in [0.15, 0.2) is 5.96 Å². The van der Waals surface area contributed by atoms with Crippen LogP contribution < -0.4 is 15.4 Å². The molecule has 2 saturated heterocycles. The SMILES string of the molecule is CCNC(=NCCS(=O)(=O)NCC1CCCCO1)NC1CCN(CCCOC)CC1.I. The number of sulfonamides is 1. The van der Waals surface area contributed by atoms with Crippen LogP contribution in [0.15, 0.2) is 4.99 Å².